The maximum Gasteiger partial charge on any atom is 0.313 e. The molecule has 34 heavy (non-hydrogen) atoms. The smallest absolute Gasteiger partial charge is 0.313 e. The molecule has 0 aromatic carbocycles. The van der Waals surface area contributed by atoms with Gasteiger partial charge in [0.15, 0.2) is 5.82 Å². The second-order valence-electron chi connectivity index (χ2n) is 9.77. The van der Waals surface area contributed by atoms with Crippen molar-refractivity contribution in [2.45, 2.75) is 104 Å². The molecule has 2 rings (SSSR count). The van der Waals surface area contributed by atoms with E-state index in [2.05, 4.69) is 36.0 Å². The van der Waals surface area contributed by atoms with Crippen molar-refractivity contribution in [3.63, 3.8) is 0 Å². The molecule has 2 unspecified atom stereocenters. The second-order valence-corrected chi connectivity index (χ2v) is 9.77. The fraction of sp³-hybridized carbons (Fsp3) is 0.846. The fourth-order valence-corrected chi connectivity index (χ4v) is 4.95. The van der Waals surface area contributed by atoms with Crippen LogP contribution in [-0.2, 0) is 36.6 Å². The van der Waals surface area contributed by atoms with Crippen LogP contribution in [0.15, 0.2) is 0 Å². The van der Waals surface area contributed by atoms with Gasteiger partial charge in [0.05, 0.1) is 6.61 Å². The van der Waals surface area contributed by atoms with Crippen LogP contribution < -0.4 is 0 Å². The topological polar surface area (TPSA) is 103 Å². The average Bonchev–Trinajstić information content (AvgIpc) is 3.21. The van der Waals surface area contributed by atoms with Gasteiger partial charge in [0, 0.05) is 13.2 Å². The van der Waals surface area contributed by atoms with Gasteiger partial charge < -0.3 is 14.2 Å². The molecule has 1 aromatic rings. The van der Waals surface area contributed by atoms with Gasteiger partial charge in [-0.15, -0.1) is 0 Å². The predicted octanol–water partition coefficient (Wildman–Crippen LogP) is 4.81. The zero-order valence-electron chi connectivity index (χ0n) is 21.6. The van der Waals surface area contributed by atoms with Crippen molar-refractivity contribution < 1.29 is 23.8 Å². The summed E-state index contributed by atoms with van der Waals surface area (Å²) in [6, 6.07) is 0. The van der Waals surface area contributed by atoms with Gasteiger partial charge in [-0.1, -0.05) is 52.9 Å². The van der Waals surface area contributed by atoms with Gasteiger partial charge in [0.1, 0.15) is 24.8 Å². The first kappa shape index (κ1) is 28.3. The Morgan fingerprint density at radius 2 is 1.65 bits per heavy atom. The monoisotopic (exact) mass is 479 g/mol. The molecule has 8 heteroatoms. The summed E-state index contributed by atoms with van der Waals surface area (Å²) in [6.45, 7) is 10.3. The number of nitrogens with one attached hydrogen (secondary N) is 1. The predicted molar refractivity (Wildman–Crippen MR) is 130 cm³/mol. The molecule has 1 aliphatic rings. The number of aromatic nitrogens is 3. The van der Waals surface area contributed by atoms with Crippen molar-refractivity contribution in [2.75, 3.05) is 19.8 Å². The molecule has 8 nitrogen and oxygen atoms in total. The summed E-state index contributed by atoms with van der Waals surface area (Å²) in [5, 5.41) is 6.70. The molecule has 1 aromatic heterocycles. The standard InChI is InChI=1S/C26H45N3O5/c1-5-7-8-9-10-11-13-32-14-12-21-15-19(3)26(20(4)16-21)34-25(31)18-23-27-22(28-29-23)17-24(30)33-6-2/h19-21,26H,5-18H2,1-4H3,(H,27,28,29). The number of nitrogens with zero attached hydrogens (tertiary/aromatic N) is 2. The van der Waals surface area contributed by atoms with Crippen molar-refractivity contribution >= 4 is 11.9 Å². The zero-order chi connectivity index (χ0) is 24.8. The Hall–Kier alpha value is -1.96. The van der Waals surface area contributed by atoms with Gasteiger partial charge in [-0.05, 0) is 50.4 Å². The van der Waals surface area contributed by atoms with E-state index in [0.29, 0.717) is 36.0 Å². The van der Waals surface area contributed by atoms with E-state index in [9.17, 15) is 9.59 Å². The molecule has 1 saturated carbocycles. The van der Waals surface area contributed by atoms with E-state index < -0.39 is 0 Å². The number of unbranched alkanes of at least 4 members (excludes halogenated alkanes) is 5. The van der Waals surface area contributed by atoms with Crippen LogP contribution in [0.1, 0.15) is 97.1 Å². The number of aromatic amines is 1. The van der Waals surface area contributed by atoms with Gasteiger partial charge >= 0.3 is 11.9 Å². The van der Waals surface area contributed by atoms with Crippen LogP contribution in [0.2, 0.25) is 0 Å². The van der Waals surface area contributed by atoms with Crippen molar-refractivity contribution in [1.82, 2.24) is 15.2 Å². The average molecular weight is 480 g/mol. The molecule has 1 N–H and O–H groups in total. The van der Waals surface area contributed by atoms with E-state index in [1.807, 2.05) is 0 Å². The van der Waals surface area contributed by atoms with Crippen LogP contribution in [0.3, 0.4) is 0 Å². The van der Waals surface area contributed by atoms with E-state index >= 15 is 0 Å². The maximum atomic E-state index is 12.5. The Bertz CT molecular complexity index is 711. The largest absolute Gasteiger partial charge is 0.466 e. The first-order valence-corrected chi connectivity index (χ1v) is 13.3. The minimum atomic E-state index is -0.386. The summed E-state index contributed by atoms with van der Waals surface area (Å²) in [5.74, 6) is 1.26. The molecule has 1 heterocycles. The van der Waals surface area contributed by atoms with E-state index in [0.717, 1.165) is 38.9 Å². The molecule has 0 aliphatic heterocycles. The molecular weight excluding hydrogens is 434 g/mol. The van der Waals surface area contributed by atoms with Gasteiger partial charge in [-0.2, -0.15) is 5.10 Å². The van der Waals surface area contributed by atoms with Crippen molar-refractivity contribution in [3.8, 4) is 0 Å². The fourth-order valence-electron chi connectivity index (χ4n) is 4.95. The normalized spacial score (nSPS) is 22.5. The number of hydrogen-bond acceptors (Lipinski definition) is 7. The lowest BCUT2D eigenvalue weighted by Crippen LogP contribution is -2.38. The third-order valence-electron chi connectivity index (χ3n) is 6.61. The summed E-state index contributed by atoms with van der Waals surface area (Å²) in [4.78, 5) is 28.3. The Morgan fingerprint density at radius 1 is 0.941 bits per heavy atom. The quantitative estimate of drug-likeness (QED) is 0.268. The summed E-state index contributed by atoms with van der Waals surface area (Å²) in [7, 11) is 0. The van der Waals surface area contributed by atoms with Crippen molar-refractivity contribution in [1.29, 1.82) is 0 Å². The molecule has 0 saturated heterocycles. The number of carbonyl (C=O) groups excluding carboxylic acids is 2. The number of ether oxygens (including phenoxy) is 3. The maximum absolute atomic E-state index is 12.5. The number of hydrogen-bond donors (Lipinski definition) is 1. The van der Waals surface area contributed by atoms with Crippen LogP contribution >= 0.6 is 0 Å². The molecule has 0 spiro atoms. The van der Waals surface area contributed by atoms with Crippen LogP contribution in [0, 0.1) is 17.8 Å². The summed E-state index contributed by atoms with van der Waals surface area (Å²) < 4.78 is 16.6. The molecule has 1 fully saturated rings. The first-order valence-electron chi connectivity index (χ1n) is 13.3. The summed E-state index contributed by atoms with van der Waals surface area (Å²) in [5.41, 5.74) is 0. The van der Waals surface area contributed by atoms with Crippen LogP contribution in [0.5, 0.6) is 0 Å². The van der Waals surface area contributed by atoms with Crippen molar-refractivity contribution in [2.24, 2.45) is 17.8 Å². The van der Waals surface area contributed by atoms with E-state index in [1.54, 1.807) is 6.92 Å². The van der Waals surface area contributed by atoms with E-state index in [4.69, 9.17) is 14.2 Å². The number of H-pyrrole nitrogens is 1. The number of rotatable bonds is 16. The highest BCUT2D eigenvalue weighted by molar-refractivity contribution is 5.72. The van der Waals surface area contributed by atoms with Gasteiger partial charge in [-0.3, -0.25) is 14.7 Å². The Kier molecular flexibility index (Phi) is 13.2. The molecule has 194 valence electrons. The minimum Gasteiger partial charge on any atom is -0.466 e. The molecule has 2 atom stereocenters. The third kappa shape index (κ3) is 10.5. The Balaban J connectivity index is 1.65. The molecular formula is C26H45N3O5. The molecule has 0 bridgehead atoms. The van der Waals surface area contributed by atoms with Gasteiger partial charge in [0.25, 0.3) is 0 Å². The van der Waals surface area contributed by atoms with Crippen molar-refractivity contribution in [3.05, 3.63) is 11.6 Å². The third-order valence-corrected chi connectivity index (χ3v) is 6.61. The Morgan fingerprint density at radius 3 is 2.35 bits per heavy atom. The molecule has 1 aliphatic carbocycles. The number of esters is 2. The van der Waals surface area contributed by atoms with Gasteiger partial charge in [-0.25, -0.2) is 4.98 Å². The minimum absolute atomic E-state index is 0.0137. The lowest BCUT2D eigenvalue weighted by atomic mass is 9.73. The lowest BCUT2D eigenvalue weighted by molar-refractivity contribution is -0.157. The summed E-state index contributed by atoms with van der Waals surface area (Å²) >= 11 is 0. The van der Waals surface area contributed by atoms with Gasteiger partial charge in [0.2, 0.25) is 0 Å². The van der Waals surface area contributed by atoms with E-state index in [1.165, 1.54) is 32.1 Å². The first-order chi connectivity index (χ1) is 16.4. The Labute approximate surface area is 204 Å². The highest BCUT2D eigenvalue weighted by Gasteiger charge is 2.35. The molecule has 0 radical (unpaired) electrons. The molecule has 0 amide bonds. The van der Waals surface area contributed by atoms with Crippen LogP contribution in [0.25, 0.3) is 0 Å². The highest BCUT2D eigenvalue weighted by atomic mass is 16.5. The zero-order valence-corrected chi connectivity index (χ0v) is 21.6. The van der Waals surface area contributed by atoms with E-state index in [-0.39, 0.29) is 30.9 Å². The van der Waals surface area contributed by atoms with Crippen LogP contribution in [0.4, 0.5) is 0 Å². The second kappa shape index (κ2) is 15.8. The highest BCUT2D eigenvalue weighted by Crippen LogP contribution is 2.37. The SMILES string of the molecule is CCCCCCCCOCCC1CC(C)C(OC(=O)Cc2nc(CC(=O)OCC)n[nH]2)C(C)C1. The van der Waals surface area contributed by atoms with Crippen LogP contribution in [-0.4, -0.2) is 53.0 Å². The number of carbonyl (C=O) groups is 2. The lowest BCUT2D eigenvalue weighted by Gasteiger charge is -2.38. The summed E-state index contributed by atoms with van der Waals surface area (Å²) in [6.07, 6.45) is 10.8.